The molecule has 1 N–H and O–H groups in total. The van der Waals surface area contributed by atoms with Crippen molar-refractivity contribution in [1.29, 1.82) is 5.26 Å². The standard InChI is InChI=1S/C21H27ClN2O5/c1-13(2)28-18-16(22)10-15(11-17(18)27-4)20(26)29-14(3)19(25)24-21(12-23)8-6-5-7-9-21/h10-11,13-14H,5-9H2,1-4H3,(H,24,25)/t14-/m1/s1. The molecule has 0 unspecified atom stereocenters. The first kappa shape index (κ1) is 22.8. The Labute approximate surface area is 176 Å². The van der Waals surface area contributed by atoms with Crippen LogP contribution in [0.3, 0.4) is 0 Å². The van der Waals surface area contributed by atoms with Gasteiger partial charge in [-0.15, -0.1) is 0 Å². The summed E-state index contributed by atoms with van der Waals surface area (Å²) in [6.07, 6.45) is 2.81. The maximum Gasteiger partial charge on any atom is 0.339 e. The van der Waals surface area contributed by atoms with E-state index in [1.165, 1.54) is 26.2 Å². The van der Waals surface area contributed by atoms with Crippen molar-refractivity contribution in [2.45, 2.75) is 70.6 Å². The highest BCUT2D eigenvalue weighted by Gasteiger charge is 2.35. The maximum atomic E-state index is 12.5. The van der Waals surface area contributed by atoms with Crippen molar-refractivity contribution in [3.63, 3.8) is 0 Å². The summed E-state index contributed by atoms with van der Waals surface area (Å²) >= 11 is 6.24. The van der Waals surface area contributed by atoms with Gasteiger partial charge in [0.15, 0.2) is 17.6 Å². The third kappa shape index (κ3) is 5.77. The number of methoxy groups -OCH3 is 1. The summed E-state index contributed by atoms with van der Waals surface area (Å²) in [4.78, 5) is 25.0. The van der Waals surface area contributed by atoms with E-state index in [0.29, 0.717) is 24.3 Å². The molecule has 1 atom stereocenters. The van der Waals surface area contributed by atoms with Crippen LogP contribution in [-0.4, -0.2) is 36.7 Å². The number of nitrogens with one attached hydrogen (secondary N) is 1. The summed E-state index contributed by atoms with van der Waals surface area (Å²) in [6.45, 7) is 5.16. The summed E-state index contributed by atoms with van der Waals surface area (Å²) in [6, 6.07) is 5.07. The number of benzene rings is 1. The number of amides is 1. The van der Waals surface area contributed by atoms with Gasteiger partial charge in [-0.1, -0.05) is 30.9 Å². The Morgan fingerprint density at radius 3 is 2.41 bits per heavy atom. The van der Waals surface area contributed by atoms with Crippen LogP contribution in [0.15, 0.2) is 12.1 Å². The number of rotatable bonds is 7. The monoisotopic (exact) mass is 422 g/mol. The molecule has 1 fully saturated rings. The first-order valence-corrected chi connectivity index (χ1v) is 10.1. The van der Waals surface area contributed by atoms with Crippen LogP contribution >= 0.6 is 11.6 Å². The van der Waals surface area contributed by atoms with Gasteiger partial charge in [0.1, 0.15) is 5.54 Å². The number of nitrogens with zero attached hydrogens (tertiary/aromatic N) is 1. The average molecular weight is 423 g/mol. The van der Waals surface area contributed by atoms with Crippen molar-refractivity contribution in [2.24, 2.45) is 0 Å². The van der Waals surface area contributed by atoms with E-state index in [9.17, 15) is 14.9 Å². The second-order valence-corrected chi connectivity index (χ2v) is 7.85. The minimum atomic E-state index is -1.06. The minimum absolute atomic E-state index is 0.129. The first-order valence-electron chi connectivity index (χ1n) is 9.70. The first-order chi connectivity index (χ1) is 13.7. The highest BCUT2D eigenvalue weighted by Crippen LogP contribution is 2.37. The topological polar surface area (TPSA) is 97.6 Å². The minimum Gasteiger partial charge on any atom is -0.493 e. The summed E-state index contributed by atoms with van der Waals surface area (Å²) < 4.78 is 16.2. The average Bonchev–Trinajstić information content (AvgIpc) is 2.69. The van der Waals surface area contributed by atoms with Crippen LogP contribution in [0.1, 0.15) is 63.2 Å². The third-order valence-electron chi connectivity index (χ3n) is 4.76. The van der Waals surface area contributed by atoms with Crippen molar-refractivity contribution >= 4 is 23.5 Å². The third-order valence-corrected chi connectivity index (χ3v) is 5.04. The SMILES string of the molecule is COc1cc(C(=O)O[C@H](C)C(=O)NC2(C#N)CCCCC2)cc(Cl)c1OC(C)C. The fourth-order valence-corrected chi connectivity index (χ4v) is 3.48. The van der Waals surface area contributed by atoms with Gasteiger partial charge in [-0.2, -0.15) is 5.26 Å². The molecule has 29 heavy (non-hydrogen) atoms. The Kier molecular flexibility index (Phi) is 7.74. The van der Waals surface area contributed by atoms with E-state index < -0.39 is 23.5 Å². The zero-order valence-electron chi connectivity index (χ0n) is 17.2. The van der Waals surface area contributed by atoms with Gasteiger partial charge in [-0.05, 0) is 45.7 Å². The quantitative estimate of drug-likeness (QED) is 0.666. The summed E-state index contributed by atoms with van der Waals surface area (Å²) in [7, 11) is 1.44. The fourth-order valence-electron chi connectivity index (χ4n) is 3.23. The predicted octanol–water partition coefficient (Wildman–Crippen LogP) is 4.02. The molecule has 1 aliphatic carbocycles. The number of halogens is 1. The molecule has 2 rings (SSSR count). The highest BCUT2D eigenvalue weighted by atomic mass is 35.5. The van der Waals surface area contributed by atoms with Crippen molar-refractivity contribution in [3.8, 4) is 17.6 Å². The van der Waals surface area contributed by atoms with Gasteiger partial charge in [0.25, 0.3) is 5.91 Å². The fraction of sp³-hybridized carbons (Fsp3) is 0.571. The number of hydrogen-bond donors (Lipinski definition) is 1. The lowest BCUT2D eigenvalue weighted by atomic mass is 9.83. The zero-order chi connectivity index (χ0) is 21.6. The van der Waals surface area contributed by atoms with E-state index in [2.05, 4.69) is 11.4 Å². The summed E-state index contributed by atoms with van der Waals surface area (Å²) in [5.74, 6) is -0.598. The van der Waals surface area contributed by atoms with E-state index in [1.54, 1.807) is 0 Å². The van der Waals surface area contributed by atoms with Crippen LogP contribution in [0.25, 0.3) is 0 Å². The zero-order valence-corrected chi connectivity index (χ0v) is 18.0. The van der Waals surface area contributed by atoms with Crippen LogP contribution in [0, 0.1) is 11.3 Å². The van der Waals surface area contributed by atoms with E-state index in [1.807, 2.05) is 13.8 Å². The second kappa shape index (κ2) is 9.84. The van der Waals surface area contributed by atoms with E-state index in [4.69, 9.17) is 25.8 Å². The van der Waals surface area contributed by atoms with Crippen LogP contribution in [0.4, 0.5) is 0 Å². The predicted molar refractivity (Wildman–Crippen MR) is 108 cm³/mol. The molecule has 0 radical (unpaired) electrons. The lowest BCUT2D eigenvalue weighted by molar-refractivity contribution is -0.130. The number of esters is 1. The lowest BCUT2D eigenvalue weighted by Crippen LogP contribution is -2.52. The van der Waals surface area contributed by atoms with E-state index in [0.717, 1.165) is 19.3 Å². The lowest BCUT2D eigenvalue weighted by Gasteiger charge is -2.32. The molecule has 1 aliphatic rings. The molecular formula is C21H27ClN2O5. The van der Waals surface area contributed by atoms with Gasteiger partial charge in [0.05, 0.1) is 29.9 Å². The van der Waals surface area contributed by atoms with Crippen LogP contribution in [-0.2, 0) is 9.53 Å². The van der Waals surface area contributed by atoms with Gasteiger partial charge in [0.2, 0.25) is 0 Å². The van der Waals surface area contributed by atoms with Crippen LogP contribution < -0.4 is 14.8 Å². The summed E-state index contributed by atoms with van der Waals surface area (Å²) in [5.41, 5.74) is -0.756. The molecule has 1 amide bonds. The highest BCUT2D eigenvalue weighted by molar-refractivity contribution is 6.32. The van der Waals surface area contributed by atoms with Crippen molar-refractivity contribution in [1.82, 2.24) is 5.32 Å². The Bertz CT molecular complexity index is 797. The van der Waals surface area contributed by atoms with Gasteiger partial charge in [-0.25, -0.2) is 4.79 Å². The van der Waals surface area contributed by atoms with Crippen molar-refractivity contribution < 1.29 is 23.8 Å². The molecule has 1 aromatic carbocycles. The van der Waals surface area contributed by atoms with Crippen LogP contribution in [0.5, 0.6) is 11.5 Å². The Hall–Kier alpha value is -2.46. The number of hydrogen-bond acceptors (Lipinski definition) is 6. The smallest absolute Gasteiger partial charge is 0.339 e. The molecule has 0 heterocycles. The number of ether oxygens (including phenoxy) is 3. The molecule has 0 spiro atoms. The molecule has 0 saturated heterocycles. The van der Waals surface area contributed by atoms with Crippen molar-refractivity contribution in [2.75, 3.05) is 7.11 Å². The molecule has 8 heteroatoms. The molecule has 0 aliphatic heterocycles. The molecule has 0 aromatic heterocycles. The van der Waals surface area contributed by atoms with Gasteiger partial charge < -0.3 is 19.5 Å². The Morgan fingerprint density at radius 1 is 1.21 bits per heavy atom. The number of carbonyl (C=O) groups is 2. The molecule has 0 bridgehead atoms. The van der Waals surface area contributed by atoms with E-state index in [-0.39, 0.29) is 16.7 Å². The Balaban J connectivity index is 2.09. The maximum absolute atomic E-state index is 12.5. The van der Waals surface area contributed by atoms with Crippen LogP contribution in [0.2, 0.25) is 5.02 Å². The summed E-state index contributed by atoms with van der Waals surface area (Å²) in [5, 5.41) is 12.5. The second-order valence-electron chi connectivity index (χ2n) is 7.45. The largest absolute Gasteiger partial charge is 0.493 e. The van der Waals surface area contributed by atoms with E-state index >= 15 is 0 Å². The molecule has 7 nitrogen and oxygen atoms in total. The van der Waals surface area contributed by atoms with Gasteiger partial charge in [0, 0.05) is 0 Å². The van der Waals surface area contributed by atoms with Gasteiger partial charge >= 0.3 is 5.97 Å². The molecule has 1 aromatic rings. The molecule has 158 valence electrons. The van der Waals surface area contributed by atoms with Crippen molar-refractivity contribution in [3.05, 3.63) is 22.7 Å². The normalized spacial score (nSPS) is 16.4. The number of carbonyl (C=O) groups excluding carboxylic acids is 2. The molecule has 1 saturated carbocycles. The van der Waals surface area contributed by atoms with Gasteiger partial charge in [-0.3, -0.25) is 4.79 Å². The molecular weight excluding hydrogens is 396 g/mol. The Morgan fingerprint density at radius 2 is 1.86 bits per heavy atom. The number of nitriles is 1.